The average Bonchev–Trinajstić information content (AvgIpc) is 2.39. The van der Waals surface area contributed by atoms with E-state index >= 15 is 0 Å². The summed E-state index contributed by atoms with van der Waals surface area (Å²) in [4.78, 5) is 14.5. The van der Waals surface area contributed by atoms with Crippen LogP contribution in [0.15, 0.2) is 22.7 Å². The van der Waals surface area contributed by atoms with Crippen LogP contribution in [-0.2, 0) is 0 Å². The van der Waals surface area contributed by atoms with Crippen molar-refractivity contribution < 1.29 is 9.18 Å². The van der Waals surface area contributed by atoms with Crippen LogP contribution in [0.4, 0.5) is 4.39 Å². The van der Waals surface area contributed by atoms with Gasteiger partial charge in [0.25, 0.3) is 5.91 Å². The summed E-state index contributed by atoms with van der Waals surface area (Å²) in [5.41, 5.74) is 0.532. The minimum Gasteiger partial charge on any atom is -0.334 e. The van der Waals surface area contributed by atoms with Crippen molar-refractivity contribution in [2.45, 2.75) is 25.3 Å². The molecule has 0 aliphatic carbocycles. The molecule has 1 N–H and O–H groups in total. The Morgan fingerprint density at radius 2 is 2.32 bits per heavy atom. The van der Waals surface area contributed by atoms with Gasteiger partial charge in [0.05, 0.1) is 5.56 Å². The largest absolute Gasteiger partial charge is 0.334 e. The standard InChI is InChI=1S/C14H18BrFN2O/c1-17-9-11-4-2-3-7-18(11)14(19)12-6-5-10(16)8-13(12)15/h5-6,8,11,17H,2-4,7,9H2,1H3. The van der Waals surface area contributed by atoms with Crippen LogP contribution >= 0.6 is 15.9 Å². The van der Waals surface area contributed by atoms with E-state index in [1.54, 1.807) is 6.07 Å². The molecule has 1 aromatic rings. The summed E-state index contributed by atoms with van der Waals surface area (Å²) < 4.78 is 13.6. The lowest BCUT2D eigenvalue weighted by Gasteiger charge is -2.36. The number of halogens is 2. The summed E-state index contributed by atoms with van der Waals surface area (Å²) in [6, 6.07) is 4.44. The third-order valence-electron chi connectivity index (χ3n) is 3.49. The van der Waals surface area contributed by atoms with Gasteiger partial charge in [0, 0.05) is 23.6 Å². The number of rotatable bonds is 3. The highest BCUT2D eigenvalue weighted by Gasteiger charge is 2.27. The first-order valence-corrected chi connectivity index (χ1v) is 7.33. The molecule has 5 heteroatoms. The van der Waals surface area contributed by atoms with Crippen LogP contribution in [0, 0.1) is 5.82 Å². The van der Waals surface area contributed by atoms with Crippen molar-refractivity contribution in [3.05, 3.63) is 34.1 Å². The van der Waals surface area contributed by atoms with E-state index in [9.17, 15) is 9.18 Å². The number of nitrogens with one attached hydrogen (secondary N) is 1. The highest BCUT2D eigenvalue weighted by Crippen LogP contribution is 2.24. The molecule has 0 saturated carbocycles. The van der Waals surface area contributed by atoms with Crippen molar-refractivity contribution in [3.63, 3.8) is 0 Å². The number of hydrogen-bond acceptors (Lipinski definition) is 2. The average molecular weight is 329 g/mol. The van der Waals surface area contributed by atoms with Gasteiger partial charge in [0.15, 0.2) is 0 Å². The third-order valence-corrected chi connectivity index (χ3v) is 4.15. The van der Waals surface area contributed by atoms with Gasteiger partial charge in [-0.3, -0.25) is 4.79 Å². The molecule has 0 aromatic heterocycles. The number of likely N-dealkylation sites (tertiary alicyclic amines) is 1. The summed E-state index contributed by atoms with van der Waals surface area (Å²) >= 11 is 3.27. The van der Waals surface area contributed by atoms with E-state index in [0.29, 0.717) is 10.0 Å². The van der Waals surface area contributed by atoms with Crippen molar-refractivity contribution in [3.8, 4) is 0 Å². The van der Waals surface area contributed by atoms with Crippen LogP contribution in [0.2, 0.25) is 0 Å². The smallest absolute Gasteiger partial charge is 0.255 e. The second-order valence-corrected chi connectivity index (χ2v) is 5.68. The Balaban J connectivity index is 2.21. The van der Waals surface area contributed by atoms with Crippen LogP contribution in [0.1, 0.15) is 29.6 Å². The molecule has 0 radical (unpaired) electrons. The quantitative estimate of drug-likeness (QED) is 0.925. The molecule has 1 heterocycles. The molecule has 0 spiro atoms. The van der Waals surface area contributed by atoms with E-state index in [1.807, 2.05) is 11.9 Å². The Kier molecular flexibility index (Phi) is 4.93. The van der Waals surface area contributed by atoms with E-state index in [1.165, 1.54) is 12.1 Å². The zero-order chi connectivity index (χ0) is 13.8. The number of piperidine rings is 1. The molecule has 1 aliphatic heterocycles. The third kappa shape index (κ3) is 3.34. The van der Waals surface area contributed by atoms with Crippen LogP contribution in [0.25, 0.3) is 0 Å². The van der Waals surface area contributed by atoms with E-state index in [4.69, 9.17) is 0 Å². The van der Waals surface area contributed by atoms with Crippen LogP contribution in [-0.4, -0.2) is 37.0 Å². The number of carbonyl (C=O) groups is 1. The summed E-state index contributed by atoms with van der Waals surface area (Å²) in [5.74, 6) is -0.360. The number of benzene rings is 1. The van der Waals surface area contributed by atoms with Gasteiger partial charge < -0.3 is 10.2 Å². The Hall–Kier alpha value is -0.940. The van der Waals surface area contributed by atoms with Crippen molar-refractivity contribution in [2.75, 3.05) is 20.1 Å². The predicted molar refractivity (Wildman–Crippen MR) is 76.7 cm³/mol. The molecule has 1 unspecified atom stereocenters. The van der Waals surface area contributed by atoms with Crippen molar-refractivity contribution in [1.82, 2.24) is 10.2 Å². The first-order valence-electron chi connectivity index (χ1n) is 6.54. The van der Waals surface area contributed by atoms with Gasteiger partial charge in [-0.25, -0.2) is 4.39 Å². The molecule has 1 aliphatic rings. The molecular weight excluding hydrogens is 311 g/mol. The van der Waals surface area contributed by atoms with Crippen LogP contribution in [0.5, 0.6) is 0 Å². The molecule has 1 fully saturated rings. The van der Waals surface area contributed by atoms with Crippen LogP contribution < -0.4 is 5.32 Å². The molecule has 19 heavy (non-hydrogen) atoms. The lowest BCUT2D eigenvalue weighted by Crippen LogP contribution is -2.48. The Bertz CT molecular complexity index is 465. The van der Waals surface area contributed by atoms with Gasteiger partial charge in [0.2, 0.25) is 0 Å². The normalized spacial score (nSPS) is 19.5. The maximum absolute atomic E-state index is 13.1. The van der Waals surface area contributed by atoms with Crippen molar-refractivity contribution in [1.29, 1.82) is 0 Å². The number of carbonyl (C=O) groups excluding carboxylic acids is 1. The lowest BCUT2D eigenvalue weighted by molar-refractivity contribution is 0.0614. The van der Waals surface area contributed by atoms with E-state index in [-0.39, 0.29) is 17.8 Å². The summed E-state index contributed by atoms with van der Waals surface area (Å²) in [7, 11) is 1.89. The predicted octanol–water partition coefficient (Wildman–Crippen LogP) is 2.80. The maximum atomic E-state index is 13.1. The molecular formula is C14H18BrFN2O. The summed E-state index contributed by atoms with van der Waals surface area (Å²) in [5, 5.41) is 3.13. The van der Waals surface area contributed by atoms with E-state index in [0.717, 1.165) is 32.4 Å². The molecule has 3 nitrogen and oxygen atoms in total. The van der Waals surface area contributed by atoms with Gasteiger partial charge in [0.1, 0.15) is 5.82 Å². The first kappa shape index (κ1) is 14.5. The maximum Gasteiger partial charge on any atom is 0.255 e. The molecule has 2 rings (SSSR count). The number of nitrogens with zero attached hydrogens (tertiary/aromatic N) is 1. The van der Waals surface area contributed by atoms with Gasteiger partial charge >= 0.3 is 0 Å². The van der Waals surface area contributed by atoms with Gasteiger partial charge in [-0.05, 0) is 60.4 Å². The van der Waals surface area contributed by atoms with E-state index < -0.39 is 0 Å². The van der Waals surface area contributed by atoms with Gasteiger partial charge in [-0.15, -0.1) is 0 Å². The molecule has 0 bridgehead atoms. The van der Waals surface area contributed by atoms with Gasteiger partial charge in [-0.2, -0.15) is 0 Å². The van der Waals surface area contributed by atoms with Gasteiger partial charge in [-0.1, -0.05) is 0 Å². The molecule has 1 amide bonds. The molecule has 1 aromatic carbocycles. The zero-order valence-electron chi connectivity index (χ0n) is 11.0. The number of hydrogen-bond donors (Lipinski definition) is 1. The fraction of sp³-hybridized carbons (Fsp3) is 0.500. The van der Waals surface area contributed by atoms with Crippen molar-refractivity contribution >= 4 is 21.8 Å². The fourth-order valence-corrected chi connectivity index (χ4v) is 3.05. The molecule has 1 atom stereocenters. The fourth-order valence-electron chi connectivity index (χ4n) is 2.53. The highest BCUT2D eigenvalue weighted by atomic mass is 79.9. The SMILES string of the molecule is CNCC1CCCCN1C(=O)c1ccc(F)cc1Br. The number of amides is 1. The number of likely N-dealkylation sites (N-methyl/N-ethyl adjacent to an activating group) is 1. The monoisotopic (exact) mass is 328 g/mol. The second-order valence-electron chi connectivity index (χ2n) is 4.83. The summed E-state index contributed by atoms with van der Waals surface area (Å²) in [6.07, 6.45) is 3.21. The van der Waals surface area contributed by atoms with Crippen molar-refractivity contribution in [2.24, 2.45) is 0 Å². The zero-order valence-corrected chi connectivity index (χ0v) is 12.5. The summed E-state index contributed by atoms with van der Waals surface area (Å²) in [6.45, 7) is 1.57. The van der Waals surface area contributed by atoms with E-state index in [2.05, 4.69) is 21.2 Å². The second kappa shape index (κ2) is 6.48. The first-order chi connectivity index (χ1) is 9.13. The topological polar surface area (TPSA) is 32.3 Å². The highest BCUT2D eigenvalue weighted by molar-refractivity contribution is 9.10. The lowest BCUT2D eigenvalue weighted by atomic mass is 10.0. The molecule has 1 saturated heterocycles. The van der Waals surface area contributed by atoms with Crippen LogP contribution in [0.3, 0.4) is 0 Å². The Morgan fingerprint density at radius 3 is 3.00 bits per heavy atom. The minimum absolute atomic E-state index is 0.0215. The minimum atomic E-state index is -0.339. The molecule has 104 valence electrons. The Morgan fingerprint density at radius 1 is 1.53 bits per heavy atom. The Labute approximate surface area is 121 Å².